The number of halogens is 3. The van der Waals surface area contributed by atoms with Crippen LogP contribution in [0.25, 0.3) is 0 Å². The second-order valence-electron chi connectivity index (χ2n) is 3.85. The van der Waals surface area contributed by atoms with Crippen molar-refractivity contribution in [3.63, 3.8) is 0 Å². The van der Waals surface area contributed by atoms with Crippen molar-refractivity contribution in [3.05, 3.63) is 47.3 Å². The molecule has 0 radical (unpaired) electrons. The van der Waals surface area contributed by atoms with Crippen LogP contribution in [0.3, 0.4) is 0 Å². The number of hydroxylamine groups is 1. The monoisotopic (exact) mass is 286 g/mol. The molecule has 2 aromatic rings. The van der Waals surface area contributed by atoms with Gasteiger partial charge in [0.1, 0.15) is 11.3 Å². The minimum absolute atomic E-state index is 0.0699. The number of nitrogens with zero attached hydrogens (tertiary/aromatic N) is 1. The summed E-state index contributed by atoms with van der Waals surface area (Å²) in [6.07, 6.45) is -3.21. The lowest BCUT2D eigenvalue weighted by molar-refractivity contribution is -0.137. The van der Waals surface area contributed by atoms with E-state index in [1.165, 1.54) is 6.20 Å². The first-order valence-corrected chi connectivity index (χ1v) is 5.43. The molecule has 0 aliphatic carbocycles. The summed E-state index contributed by atoms with van der Waals surface area (Å²) in [5.74, 6) is -0.234. The standard InChI is InChI=1S/C12H9F3N2O3/c1-7-10(6-16-19-7)11(18)17-20-9-4-2-8(3-5-9)12(13,14)15/h2-6H,1H3,(H,17,18). The van der Waals surface area contributed by atoms with Crippen molar-refractivity contribution in [2.45, 2.75) is 13.1 Å². The van der Waals surface area contributed by atoms with Crippen LogP contribution in [0.5, 0.6) is 5.75 Å². The van der Waals surface area contributed by atoms with E-state index in [0.29, 0.717) is 5.76 Å². The number of carbonyl (C=O) groups excluding carboxylic acids is 1. The van der Waals surface area contributed by atoms with Crippen LogP contribution in [0.15, 0.2) is 35.0 Å². The van der Waals surface area contributed by atoms with Crippen LogP contribution in [0.4, 0.5) is 13.2 Å². The maximum Gasteiger partial charge on any atom is 0.416 e. The smallest absolute Gasteiger partial charge is 0.379 e. The zero-order chi connectivity index (χ0) is 14.8. The number of hydrogen-bond acceptors (Lipinski definition) is 4. The molecule has 1 heterocycles. The number of nitrogens with one attached hydrogen (secondary N) is 1. The molecule has 1 aromatic carbocycles. The van der Waals surface area contributed by atoms with Crippen LogP contribution in [0.2, 0.25) is 0 Å². The van der Waals surface area contributed by atoms with Gasteiger partial charge in [0.15, 0.2) is 5.75 Å². The third-order valence-corrected chi connectivity index (χ3v) is 2.44. The number of hydrogen-bond donors (Lipinski definition) is 1. The van der Waals surface area contributed by atoms with Gasteiger partial charge in [0.05, 0.1) is 11.8 Å². The van der Waals surface area contributed by atoms with Crippen LogP contribution in [0, 0.1) is 6.92 Å². The van der Waals surface area contributed by atoms with Gasteiger partial charge in [-0.15, -0.1) is 0 Å². The Morgan fingerprint density at radius 3 is 2.45 bits per heavy atom. The lowest BCUT2D eigenvalue weighted by Crippen LogP contribution is -2.27. The molecule has 0 aliphatic rings. The van der Waals surface area contributed by atoms with Crippen LogP contribution in [0.1, 0.15) is 21.7 Å². The fourth-order valence-electron chi connectivity index (χ4n) is 1.39. The fourth-order valence-corrected chi connectivity index (χ4v) is 1.39. The summed E-state index contributed by atoms with van der Waals surface area (Å²) >= 11 is 0. The first-order valence-electron chi connectivity index (χ1n) is 5.43. The Morgan fingerprint density at radius 1 is 1.30 bits per heavy atom. The van der Waals surface area contributed by atoms with Crippen LogP contribution >= 0.6 is 0 Å². The van der Waals surface area contributed by atoms with E-state index in [1.807, 2.05) is 0 Å². The highest BCUT2D eigenvalue weighted by Crippen LogP contribution is 2.30. The van der Waals surface area contributed by atoms with Gasteiger partial charge in [-0.3, -0.25) is 4.79 Å². The van der Waals surface area contributed by atoms with Gasteiger partial charge in [0.25, 0.3) is 5.91 Å². The molecular weight excluding hydrogens is 277 g/mol. The molecule has 20 heavy (non-hydrogen) atoms. The van der Waals surface area contributed by atoms with Crippen molar-refractivity contribution in [1.29, 1.82) is 0 Å². The normalized spacial score (nSPS) is 11.2. The van der Waals surface area contributed by atoms with Gasteiger partial charge < -0.3 is 9.36 Å². The minimum atomic E-state index is -4.42. The highest BCUT2D eigenvalue weighted by Gasteiger charge is 2.30. The van der Waals surface area contributed by atoms with E-state index >= 15 is 0 Å². The van der Waals surface area contributed by atoms with Gasteiger partial charge in [-0.05, 0) is 31.2 Å². The highest BCUT2D eigenvalue weighted by atomic mass is 19.4. The van der Waals surface area contributed by atoms with E-state index in [9.17, 15) is 18.0 Å². The molecule has 0 bridgehead atoms. The average Bonchev–Trinajstić information content (AvgIpc) is 2.82. The Bertz CT molecular complexity index is 605. The van der Waals surface area contributed by atoms with Gasteiger partial charge in [0, 0.05) is 0 Å². The minimum Gasteiger partial charge on any atom is -0.379 e. The Kier molecular flexibility index (Phi) is 3.64. The highest BCUT2D eigenvalue weighted by molar-refractivity contribution is 5.94. The molecule has 5 nitrogen and oxygen atoms in total. The Hall–Kier alpha value is -2.51. The zero-order valence-corrected chi connectivity index (χ0v) is 10.2. The summed E-state index contributed by atoms with van der Waals surface area (Å²) in [5, 5.41) is 3.42. The first kappa shape index (κ1) is 13.9. The molecular formula is C12H9F3N2O3. The number of alkyl halides is 3. The molecule has 8 heteroatoms. The second-order valence-corrected chi connectivity index (χ2v) is 3.85. The van der Waals surface area contributed by atoms with Gasteiger partial charge in [-0.25, -0.2) is 0 Å². The third-order valence-electron chi connectivity index (χ3n) is 2.44. The lowest BCUT2D eigenvalue weighted by Gasteiger charge is -2.08. The number of carbonyl (C=O) groups is 1. The number of amides is 1. The Labute approximate surface area is 111 Å². The van der Waals surface area contributed by atoms with E-state index in [2.05, 4.69) is 10.6 Å². The molecule has 0 saturated carbocycles. The van der Waals surface area contributed by atoms with Crippen molar-refractivity contribution in [2.75, 3.05) is 0 Å². The van der Waals surface area contributed by atoms with Crippen molar-refractivity contribution in [1.82, 2.24) is 10.6 Å². The molecule has 0 unspecified atom stereocenters. The zero-order valence-electron chi connectivity index (χ0n) is 10.2. The topological polar surface area (TPSA) is 64.4 Å². The molecule has 0 atom stereocenters. The van der Waals surface area contributed by atoms with E-state index in [0.717, 1.165) is 24.3 Å². The lowest BCUT2D eigenvalue weighted by atomic mass is 10.2. The Balaban J connectivity index is 1.98. The van der Waals surface area contributed by atoms with Crippen LogP contribution in [-0.4, -0.2) is 11.1 Å². The summed E-state index contributed by atoms with van der Waals surface area (Å²) in [7, 11) is 0. The molecule has 0 aliphatic heterocycles. The van der Waals surface area contributed by atoms with Crippen molar-refractivity contribution in [2.24, 2.45) is 0 Å². The predicted molar refractivity (Wildman–Crippen MR) is 60.8 cm³/mol. The predicted octanol–water partition coefficient (Wildman–Crippen LogP) is 2.73. The van der Waals surface area contributed by atoms with Gasteiger partial charge in [-0.2, -0.15) is 18.7 Å². The number of rotatable bonds is 3. The van der Waals surface area contributed by atoms with E-state index in [1.54, 1.807) is 6.92 Å². The fraction of sp³-hybridized carbons (Fsp3) is 0.167. The maximum atomic E-state index is 12.3. The summed E-state index contributed by atoms with van der Waals surface area (Å²) < 4.78 is 41.7. The summed E-state index contributed by atoms with van der Waals surface area (Å²) in [4.78, 5) is 16.5. The molecule has 0 saturated heterocycles. The quantitative estimate of drug-likeness (QED) is 0.881. The molecule has 0 spiro atoms. The summed E-state index contributed by atoms with van der Waals surface area (Å²) in [5.41, 5.74) is 1.46. The van der Waals surface area contributed by atoms with Crippen LogP contribution < -0.4 is 10.3 Å². The summed E-state index contributed by atoms with van der Waals surface area (Å²) in [6.45, 7) is 1.54. The maximum absolute atomic E-state index is 12.3. The van der Waals surface area contributed by atoms with Crippen molar-refractivity contribution >= 4 is 5.91 Å². The second kappa shape index (κ2) is 5.24. The third kappa shape index (κ3) is 3.08. The van der Waals surface area contributed by atoms with Crippen LogP contribution in [-0.2, 0) is 6.18 Å². The first-order chi connectivity index (χ1) is 9.38. The molecule has 1 aromatic heterocycles. The summed E-state index contributed by atoms with van der Waals surface area (Å²) in [6, 6.07) is 3.91. The van der Waals surface area contributed by atoms with Crippen molar-refractivity contribution < 1.29 is 27.3 Å². The number of aryl methyl sites for hydroxylation is 1. The number of aromatic nitrogens is 1. The van der Waals surface area contributed by atoms with E-state index in [4.69, 9.17) is 9.36 Å². The Morgan fingerprint density at radius 2 is 1.95 bits per heavy atom. The molecule has 2 rings (SSSR count). The number of benzene rings is 1. The van der Waals surface area contributed by atoms with Gasteiger partial charge >= 0.3 is 6.18 Å². The average molecular weight is 286 g/mol. The molecule has 1 N–H and O–H groups in total. The van der Waals surface area contributed by atoms with Gasteiger partial charge in [0.2, 0.25) is 0 Å². The SMILES string of the molecule is Cc1oncc1C(=O)NOc1ccc(C(F)(F)F)cc1. The largest absolute Gasteiger partial charge is 0.416 e. The van der Waals surface area contributed by atoms with E-state index < -0.39 is 17.6 Å². The van der Waals surface area contributed by atoms with Gasteiger partial charge in [-0.1, -0.05) is 5.16 Å². The molecule has 106 valence electrons. The molecule has 0 fully saturated rings. The van der Waals surface area contributed by atoms with Crippen molar-refractivity contribution in [3.8, 4) is 5.75 Å². The molecule has 1 amide bonds. The van der Waals surface area contributed by atoms with E-state index in [-0.39, 0.29) is 11.3 Å².